The molecule has 0 saturated heterocycles. The Bertz CT molecular complexity index is 1410. The van der Waals surface area contributed by atoms with E-state index in [1.807, 2.05) is 72.8 Å². The van der Waals surface area contributed by atoms with Crippen LogP contribution < -0.4 is 4.74 Å². The third-order valence-corrected chi connectivity index (χ3v) is 5.37. The van der Waals surface area contributed by atoms with Crippen LogP contribution in [0.3, 0.4) is 0 Å². The van der Waals surface area contributed by atoms with E-state index in [-0.39, 0.29) is 6.42 Å². The number of carbonyl (C=O) groups is 1. The van der Waals surface area contributed by atoms with Crippen molar-refractivity contribution in [3.63, 3.8) is 0 Å². The highest BCUT2D eigenvalue weighted by Gasteiger charge is 2.16. The molecule has 1 aromatic heterocycles. The average molecular weight is 423 g/mol. The maximum atomic E-state index is 10.8. The molecule has 0 aliphatic heterocycles. The maximum Gasteiger partial charge on any atom is 0.303 e. The molecule has 5 rings (SSSR count). The zero-order chi connectivity index (χ0) is 21.9. The fourth-order valence-corrected chi connectivity index (χ4v) is 3.76. The van der Waals surface area contributed by atoms with Crippen LogP contribution in [-0.4, -0.2) is 22.7 Å². The van der Waals surface area contributed by atoms with Crippen LogP contribution in [-0.2, 0) is 4.79 Å². The van der Waals surface area contributed by atoms with Gasteiger partial charge < -0.3 is 14.3 Å². The van der Waals surface area contributed by atoms with Crippen LogP contribution >= 0.6 is 0 Å². The van der Waals surface area contributed by atoms with E-state index in [2.05, 4.69) is 12.1 Å². The number of carboxylic acids is 1. The summed E-state index contributed by atoms with van der Waals surface area (Å²) in [5.41, 5.74) is 4.40. The maximum absolute atomic E-state index is 10.8. The predicted molar refractivity (Wildman–Crippen MR) is 125 cm³/mol. The van der Waals surface area contributed by atoms with E-state index in [0.717, 1.165) is 33.0 Å². The van der Waals surface area contributed by atoms with Crippen molar-refractivity contribution in [2.45, 2.75) is 12.8 Å². The summed E-state index contributed by atoms with van der Waals surface area (Å²) in [5, 5.41) is 11.0. The Morgan fingerprint density at radius 3 is 2.41 bits per heavy atom. The predicted octanol–water partition coefficient (Wildman–Crippen LogP) is 6.56. The van der Waals surface area contributed by atoms with Gasteiger partial charge in [-0.25, -0.2) is 4.98 Å². The first-order chi connectivity index (χ1) is 15.7. The molecule has 5 aromatic rings. The van der Waals surface area contributed by atoms with Crippen LogP contribution in [0.4, 0.5) is 0 Å². The number of aromatic nitrogens is 1. The molecule has 0 aliphatic carbocycles. The smallest absolute Gasteiger partial charge is 0.303 e. The lowest BCUT2D eigenvalue weighted by Crippen LogP contribution is -2.03. The van der Waals surface area contributed by atoms with Gasteiger partial charge in [0.2, 0.25) is 5.89 Å². The lowest BCUT2D eigenvalue weighted by molar-refractivity contribution is -0.137. The highest BCUT2D eigenvalue weighted by Crippen LogP contribution is 2.36. The van der Waals surface area contributed by atoms with E-state index in [4.69, 9.17) is 19.2 Å². The monoisotopic (exact) mass is 423 g/mol. The second-order valence-corrected chi connectivity index (χ2v) is 7.61. The van der Waals surface area contributed by atoms with Crippen LogP contribution in [0.2, 0.25) is 0 Å². The van der Waals surface area contributed by atoms with Gasteiger partial charge in [-0.1, -0.05) is 60.7 Å². The second kappa shape index (κ2) is 8.55. The molecule has 0 unspecified atom stereocenters. The molecule has 32 heavy (non-hydrogen) atoms. The van der Waals surface area contributed by atoms with Crippen LogP contribution in [0.15, 0.2) is 89.3 Å². The SMILES string of the molecule is O=C(O)CCCOc1cc2ccccc2cc1-c1nc2cc(-c3ccccc3)ccc2o1. The van der Waals surface area contributed by atoms with E-state index >= 15 is 0 Å². The van der Waals surface area contributed by atoms with E-state index in [9.17, 15) is 4.79 Å². The number of carboxylic acid groups (broad SMARTS) is 1. The number of oxazole rings is 1. The summed E-state index contributed by atoms with van der Waals surface area (Å²) < 4.78 is 12.1. The van der Waals surface area contributed by atoms with Gasteiger partial charge in [-0.05, 0) is 52.6 Å². The molecule has 0 aliphatic rings. The minimum absolute atomic E-state index is 0.0636. The number of fused-ring (bicyclic) bond motifs is 2. The first-order valence-corrected chi connectivity index (χ1v) is 10.5. The van der Waals surface area contributed by atoms with E-state index in [0.29, 0.717) is 30.3 Å². The van der Waals surface area contributed by atoms with Gasteiger partial charge in [0.05, 0.1) is 12.2 Å². The van der Waals surface area contributed by atoms with Crippen molar-refractivity contribution in [3.8, 4) is 28.3 Å². The molecule has 0 fully saturated rings. The van der Waals surface area contributed by atoms with Gasteiger partial charge in [0.15, 0.2) is 5.58 Å². The summed E-state index contributed by atoms with van der Waals surface area (Å²) in [6.45, 7) is 0.302. The molecule has 0 saturated carbocycles. The number of aliphatic carboxylic acids is 1. The van der Waals surface area contributed by atoms with Crippen LogP contribution in [0, 0.1) is 0 Å². The molecule has 0 spiro atoms. The van der Waals surface area contributed by atoms with Crippen LogP contribution in [0.5, 0.6) is 5.75 Å². The normalized spacial score (nSPS) is 11.1. The van der Waals surface area contributed by atoms with Crippen molar-refractivity contribution in [1.29, 1.82) is 0 Å². The van der Waals surface area contributed by atoms with Crippen molar-refractivity contribution in [2.75, 3.05) is 6.61 Å². The largest absolute Gasteiger partial charge is 0.493 e. The molecule has 5 heteroatoms. The molecule has 1 heterocycles. The van der Waals surface area contributed by atoms with Crippen LogP contribution in [0.25, 0.3) is 44.5 Å². The summed E-state index contributed by atoms with van der Waals surface area (Å²) in [5.74, 6) is 0.272. The van der Waals surface area contributed by atoms with Gasteiger partial charge in [-0.15, -0.1) is 0 Å². The summed E-state index contributed by atoms with van der Waals surface area (Å²) in [6, 6.07) is 28.1. The average Bonchev–Trinajstić information content (AvgIpc) is 3.25. The van der Waals surface area contributed by atoms with Crippen molar-refractivity contribution in [1.82, 2.24) is 4.98 Å². The van der Waals surface area contributed by atoms with Crippen LogP contribution in [0.1, 0.15) is 12.8 Å². The molecule has 4 aromatic carbocycles. The molecule has 5 nitrogen and oxygen atoms in total. The zero-order valence-electron chi connectivity index (χ0n) is 17.3. The third-order valence-electron chi connectivity index (χ3n) is 5.37. The molecule has 0 amide bonds. The molecule has 1 N–H and O–H groups in total. The number of nitrogens with zero attached hydrogens (tertiary/aromatic N) is 1. The van der Waals surface area contributed by atoms with Gasteiger partial charge in [0.1, 0.15) is 11.3 Å². The minimum atomic E-state index is -0.833. The lowest BCUT2D eigenvalue weighted by Gasteiger charge is -2.11. The number of rotatable bonds is 7. The highest BCUT2D eigenvalue weighted by atomic mass is 16.5. The third kappa shape index (κ3) is 4.05. The van der Waals surface area contributed by atoms with E-state index < -0.39 is 5.97 Å². The van der Waals surface area contributed by atoms with Gasteiger partial charge >= 0.3 is 5.97 Å². The molecular formula is C27H21NO4. The summed E-state index contributed by atoms with van der Waals surface area (Å²) in [7, 11) is 0. The number of ether oxygens (including phenoxy) is 1. The number of hydrogen-bond donors (Lipinski definition) is 1. The Hall–Kier alpha value is -4.12. The molecule has 0 atom stereocenters. The highest BCUT2D eigenvalue weighted by molar-refractivity contribution is 5.90. The van der Waals surface area contributed by atoms with Gasteiger partial charge in [0.25, 0.3) is 0 Å². The fraction of sp³-hybridized carbons (Fsp3) is 0.111. The zero-order valence-corrected chi connectivity index (χ0v) is 17.3. The summed E-state index contributed by atoms with van der Waals surface area (Å²) >= 11 is 0. The Morgan fingerprint density at radius 1 is 0.875 bits per heavy atom. The Balaban J connectivity index is 1.54. The second-order valence-electron chi connectivity index (χ2n) is 7.61. The lowest BCUT2D eigenvalue weighted by atomic mass is 10.1. The van der Waals surface area contributed by atoms with Gasteiger partial charge in [0, 0.05) is 6.42 Å². The van der Waals surface area contributed by atoms with Crippen molar-refractivity contribution in [2.24, 2.45) is 0 Å². The molecular weight excluding hydrogens is 402 g/mol. The molecule has 0 radical (unpaired) electrons. The quantitative estimate of drug-likeness (QED) is 0.300. The Labute approximate surface area is 184 Å². The number of hydrogen-bond acceptors (Lipinski definition) is 4. The van der Waals surface area contributed by atoms with Gasteiger partial charge in [-0.2, -0.15) is 0 Å². The topological polar surface area (TPSA) is 72.6 Å². The minimum Gasteiger partial charge on any atom is -0.493 e. The summed E-state index contributed by atoms with van der Waals surface area (Å²) in [6.07, 6.45) is 0.490. The van der Waals surface area contributed by atoms with E-state index in [1.165, 1.54) is 0 Å². The summed E-state index contributed by atoms with van der Waals surface area (Å²) in [4.78, 5) is 15.6. The number of benzene rings is 4. The van der Waals surface area contributed by atoms with E-state index in [1.54, 1.807) is 0 Å². The Morgan fingerprint density at radius 2 is 1.62 bits per heavy atom. The van der Waals surface area contributed by atoms with Crippen molar-refractivity contribution in [3.05, 3.63) is 84.9 Å². The molecule has 0 bridgehead atoms. The first-order valence-electron chi connectivity index (χ1n) is 10.5. The van der Waals surface area contributed by atoms with Crippen molar-refractivity contribution < 1.29 is 19.1 Å². The standard InChI is InChI=1S/C27H21NO4/c29-26(30)11-6-14-31-25-17-20-10-5-4-9-19(20)15-22(25)27-28-23-16-21(12-13-24(23)32-27)18-7-2-1-3-8-18/h1-5,7-10,12-13,15-17H,6,11,14H2,(H,29,30). The Kier molecular flexibility index (Phi) is 5.30. The van der Waals surface area contributed by atoms with Crippen molar-refractivity contribution >= 4 is 27.8 Å². The molecule has 158 valence electrons. The fourth-order valence-electron chi connectivity index (χ4n) is 3.76. The van der Waals surface area contributed by atoms with Gasteiger partial charge in [-0.3, -0.25) is 4.79 Å². The first kappa shape index (κ1) is 19.8.